The Morgan fingerprint density at radius 2 is 2.31 bits per heavy atom. The van der Waals surface area contributed by atoms with Gasteiger partial charge in [-0.25, -0.2) is 0 Å². The summed E-state index contributed by atoms with van der Waals surface area (Å²) in [6.07, 6.45) is 1.21. The molecule has 1 N–H and O–H groups in total. The van der Waals surface area contributed by atoms with Crippen LogP contribution in [0.3, 0.4) is 0 Å². The Balaban J connectivity index is 2.41. The van der Waals surface area contributed by atoms with Crippen LogP contribution in [0.5, 0.6) is 5.75 Å². The van der Waals surface area contributed by atoms with E-state index in [9.17, 15) is 0 Å². The highest BCUT2D eigenvalue weighted by molar-refractivity contribution is 5.57. The van der Waals surface area contributed by atoms with Gasteiger partial charge in [-0.15, -0.1) is 0 Å². The van der Waals surface area contributed by atoms with Crippen molar-refractivity contribution in [3.63, 3.8) is 0 Å². The Morgan fingerprint density at radius 1 is 1.46 bits per heavy atom. The van der Waals surface area contributed by atoms with E-state index in [2.05, 4.69) is 24.4 Å². The van der Waals surface area contributed by atoms with Crippen molar-refractivity contribution < 1.29 is 4.74 Å². The normalized spacial score (nSPS) is 20.3. The maximum absolute atomic E-state index is 5.20. The van der Waals surface area contributed by atoms with E-state index in [1.165, 1.54) is 17.7 Å². The SMILES string of the molecule is COc1ccc2c(c1)C(C)CCN2. The lowest BCUT2D eigenvalue weighted by atomic mass is 9.93. The zero-order chi connectivity index (χ0) is 9.26. The summed E-state index contributed by atoms with van der Waals surface area (Å²) in [6.45, 7) is 3.35. The van der Waals surface area contributed by atoms with Gasteiger partial charge >= 0.3 is 0 Å². The first kappa shape index (κ1) is 8.42. The molecule has 0 saturated carbocycles. The first-order valence-electron chi connectivity index (χ1n) is 4.73. The molecule has 2 heteroatoms. The van der Waals surface area contributed by atoms with E-state index in [-0.39, 0.29) is 0 Å². The van der Waals surface area contributed by atoms with Gasteiger partial charge in [-0.05, 0) is 36.1 Å². The molecular weight excluding hydrogens is 162 g/mol. The largest absolute Gasteiger partial charge is 0.497 e. The van der Waals surface area contributed by atoms with Crippen LogP contribution in [0.2, 0.25) is 0 Å². The van der Waals surface area contributed by atoms with Crippen LogP contribution in [0.25, 0.3) is 0 Å². The number of methoxy groups -OCH3 is 1. The van der Waals surface area contributed by atoms with Crippen LogP contribution in [0, 0.1) is 0 Å². The van der Waals surface area contributed by atoms with Crippen molar-refractivity contribution in [3.05, 3.63) is 23.8 Å². The van der Waals surface area contributed by atoms with Crippen molar-refractivity contribution in [2.75, 3.05) is 19.0 Å². The Morgan fingerprint density at radius 3 is 3.08 bits per heavy atom. The van der Waals surface area contributed by atoms with Gasteiger partial charge in [0.2, 0.25) is 0 Å². The van der Waals surface area contributed by atoms with Crippen molar-refractivity contribution in [1.29, 1.82) is 0 Å². The monoisotopic (exact) mass is 177 g/mol. The fourth-order valence-electron chi connectivity index (χ4n) is 1.82. The summed E-state index contributed by atoms with van der Waals surface area (Å²) in [7, 11) is 1.71. The molecule has 1 atom stereocenters. The summed E-state index contributed by atoms with van der Waals surface area (Å²) in [4.78, 5) is 0. The van der Waals surface area contributed by atoms with Crippen molar-refractivity contribution in [3.8, 4) is 5.75 Å². The Labute approximate surface area is 78.9 Å². The van der Waals surface area contributed by atoms with Gasteiger partial charge in [0.05, 0.1) is 7.11 Å². The van der Waals surface area contributed by atoms with E-state index in [0.717, 1.165) is 12.3 Å². The Hall–Kier alpha value is -1.18. The molecule has 1 aliphatic rings. The minimum Gasteiger partial charge on any atom is -0.497 e. The van der Waals surface area contributed by atoms with Crippen LogP contribution in [0.15, 0.2) is 18.2 Å². The van der Waals surface area contributed by atoms with E-state index in [0.29, 0.717) is 5.92 Å². The average molecular weight is 177 g/mol. The van der Waals surface area contributed by atoms with Gasteiger partial charge in [0.1, 0.15) is 5.75 Å². The minimum absolute atomic E-state index is 0.645. The summed E-state index contributed by atoms with van der Waals surface area (Å²) >= 11 is 0. The van der Waals surface area contributed by atoms with Crippen LogP contribution in [0.1, 0.15) is 24.8 Å². The van der Waals surface area contributed by atoms with E-state index >= 15 is 0 Å². The Bertz CT molecular complexity index is 309. The highest BCUT2D eigenvalue weighted by atomic mass is 16.5. The van der Waals surface area contributed by atoms with Gasteiger partial charge in [-0.1, -0.05) is 6.92 Å². The molecule has 0 aliphatic carbocycles. The maximum Gasteiger partial charge on any atom is 0.119 e. The van der Waals surface area contributed by atoms with Crippen molar-refractivity contribution in [2.24, 2.45) is 0 Å². The van der Waals surface area contributed by atoms with Crippen molar-refractivity contribution >= 4 is 5.69 Å². The summed E-state index contributed by atoms with van der Waals surface area (Å²) in [6, 6.07) is 6.24. The lowest BCUT2D eigenvalue weighted by Crippen LogP contribution is -2.14. The number of rotatable bonds is 1. The van der Waals surface area contributed by atoms with E-state index in [1.807, 2.05) is 6.07 Å². The van der Waals surface area contributed by atoms with Gasteiger partial charge in [0, 0.05) is 12.2 Å². The lowest BCUT2D eigenvalue weighted by molar-refractivity contribution is 0.413. The number of ether oxygens (including phenoxy) is 1. The minimum atomic E-state index is 0.645. The third-order valence-corrected chi connectivity index (χ3v) is 2.68. The molecule has 1 aliphatic heterocycles. The first-order chi connectivity index (χ1) is 6.31. The number of anilines is 1. The Kier molecular flexibility index (Phi) is 2.13. The second-order valence-corrected chi connectivity index (χ2v) is 3.57. The number of nitrogens with one attached hydrogen (secondary N) is 1. The standard InChI is InChI=1S/C11H15NO/c1-8-5-6-12-11-4-3-9(13-2)7-10(8)11/h3-4,7-8,12H,5-6H2,1-2H3. The van der Waals surface area contributed by atoms with Crippen molar-refractivity contribution in [1.82, 2.24) is 0 Å². The van der Waals surface area contributed by atoms with E-state index in [1.54, 1.807) is 7.11 Å². The number of fused-ring (bicyclic) bond motifs is 1. The van der Waals surface area contributed by atoms with Gasteiger partial charge in [-0.3, -0.25) is 0 Å². The third kappa shape index (κ3) is 1.48. The molecule has 1 aromatic rings. The molecule has 70 valence electrons. The summed E-state index contributed by atoms with van der Waals surface area (Å²) < 4.78 is 5.20. The fourth-order valence-corrected chi connectivity index (χ4v) is 1.82. The number of hydrogen-bond acceptors (Lipinski definition) is 2. The third-order valence-electron chi connectivity index (χ3n) is 2.68. The van der Waals surface area contributed by atoms with Crippen LogP contribution < -0.4 is 10.1 Å². The lowest BCUT2D eigenvalue weighted by Gasteiger charge is -2.24. The molecule has 2 rings (SSSR count). The quantitative estimate of drug-likeness (QED) is 0.712. The molecule has 13 heavy (non-hydrogen) atoms. The van der Waals surface area contributed by atoms with Crippen molar-refractivity contribution in [2.45, 2.75) is 19.3 Å². The molecule has 0 aromatic heterocycles. The van der Waals surface area contributed by atoms with Crippen LogP contribution >= 0.6 is 0 Å². The molecule has 1 aromatic carbocycles. The maximum atomic E-state index is 5.20. The molecule has 2 nitrogen and oxygen atoms in total. The second kappa shape index (κ2) is 3.29. The molecule has 1 heterocycles. The van der Waals surface area contributed by atoms with E-state index in [4.69, 9.17) is 4.74 Å². The topological polar surface area (TPSA) is 21.3 Å². The fraction of sp³-hybridized carbons (Fsp3) is 0.455. The highest BCUT2D eigenvalue weighted by Crippen LogP contribution is 2.33. The smallest absolute Gasteiger partial charge is 0.119 e. The van der Waals surface area contributed by atoms with Crippen LogP contribution in [0.4, 0.5) is 5.69 Å². The van der Waals surface area contributed by atoms with Crippen LogP contribution in [-0.2, 0) is 0 Å². The number of hydrogen-bond donors (Lipinski definition) is 1. The molecule has 0 amide bonds. The summed E-state index contributed by atoms with van der Waals surface area (Å²) in [5.41, 5.74) is 2.64. The second-order valence-electron chi connectivity index (χ2n) is 3.57. The molecule has 1 unspecified atom stereocenters. The summed E-state index contributed by atoms with van der Waals surface area (Å²) in [5, 5.41) is 3.39. The van der Waals surface area contributed by atoms with Gasteiger partial charge in [0.25, 0.3) is 0 Å². The van der Waals surface area contributed by atoms with Gasteiger partial charge in [-0.2, -0.15) is 0 Å². The molecule has 0 saturated heterocycles. The predicted molar refractivity (Wildman–Crippen MR) is 54.5 cm³/mol. The summed E-state index contributed by atoms with van der Waals surface area (Å²) in [5.74, 6) is 1.60. The van der Waals surface area contributed by atoms with E-state index < -0.39 is 0 Å². The zero-order valence-electron chi connectivity index (χ0n) is 8.13. The molecular formula is C11H15NO. The molecule has 0 spiro atoms. The molecule has 0 bridgehead atoms. The average Bonchev–Trinajstić information content (AvgIpc) is 2.18. The molecule has 0 radical (unpaired) electrons. The molecule has 0 fully saturated rings. The highest BCUT2D eigenvalue weighted by Gasteiger charge is 2.15. The zero-order valence-corrected chi connectivity index (χ0v) is 8.13. The van der Waals surface area contributed by atoms with Gasteiger partial charge < -0.3 is 10.1 Å². The number of benzene rings is 1. The van der Waals surface area contributed by atoms with Gasteiger partial charge in [0.15, 0.2) is 0 Å². The predicted octanol–water partition coefficient (Wildman–Crippen LogP) is 2.61. The van der Waals surface area contributed by atoms with Crippen LogP contribution in [-0.4, -0.2) is 13.7 Å². The first-order valence-corrected chi connectivity index (χ1v) is 4.73.